The topological polar surface area (TPSA) is 83.0 Å². The maximum absolute atomic E-state index is 13.2. The molecule has 1 aliphatic heterocycles. The molecule has 1 aromatic heterocycles. The van der Waals surface area contributed by atoms with Crippen LogP contribution in [0.15, 0.2) is 47.4 Å². The van der Waals surface area contributed by atoms with E-state index in [2.05, 4.69) is 16.8 Å². The van der Waals surface area contributed by atoms with Gasteiger partial charge in [-0.1, -0.05) is 39.0 Å². The van der Waals surface area contributed by atoms with Crippen LogP contribution in [0.25, 0.3) is 10.2 Å². The van der Waals surface area contributed by atoms with Crippen molar-refractivity contribution in [1.82, 2.24) is 14.2 Å². The van der Waals surface area contributed by atoms with E-state index in [1.54, 1.807) is 17.4 Å². The van der Waals surface area contributed by atoms with Gasteiger partial charge in [-0.2, -0.15) is 4.31 Å². The first-order chi connectivity index (χ1) is 17.5. The summed E-state index contributed by atoms with van der Waals surface area (Å²) in [4.78, 5) is 22.3. The zero-order valence-electron chi connectivity index (χ0n) is 22.2. The number of piperazine rings is 1. The van der Waals surface area contributed by atoms with Gasteiger partial charge < -0.3 is 14.5 Å². The van der Waals surface area contributed by atoms with Crippen LogP contribution >= 0.6 is 11.3 Å². The van der Waals surface area contributed by atoms with Gasteiger partial charge >= 0.3 is 5.97 Å². The van der Waals surface area contributed by atoms with Crippen LogP contribution in [0.2, 0.25) is 0 Å². The molecule has 1 fully saturated rings. The van der Waals surface area contributed by atoms with Gasteiger partial charge in [-0.05, 0) is 55.3 Å². The average Bonchev–Trinajstić information content (AvgIpc) is 3.27. The highest BCUT2D eigenvalue weighted by Crippen LogP contribution is 2.32. The van der Waals surface area contributed by atoms with E-state index in [1.807, 2.05) is 39.8 Å². The van der Waals surface area contributed by atoms with Gasteiger partial charge in [0.05, 0.1) is 20.7 Å². The van der Waals surface area contributed by atoms with E-state index in [1.165, 1.54) is 28.6 Å². The minimum Gasteiger partial charge on any atom is -0.423 e. The Labute approximate surface area is 223 Å². The van der Waals surface area contributed by atoms with Crippen molar-refractivity contribution < 1.29 is 17.9 Å². The number of rotatable bonds is 9. The number of thiazole rings is 1. The Balaban J connectivity index is 1.46. The van der Waals surface area contributed by atoms with Gasteiger partial charge in [-0.25, -0.2) is 18.2 Å². The molecule has 0 saturated carbocycles. The molecule has 2 heterocycles. The van der Waals surface area contributed by atoms with Crippen LogP contribution in [0.4, 0.5) is 5.13 Å². The third-order valence-corrected chi connectivity index (χ3v) is 9.12. The van der Waals surface area contributed by atoms with Crippen molar-refractivity contribution in [3.05, 3.63) is 48.0 Å². The SMILES string of the molecule is CC(C)CN(CC(C)C)S(=O)(=O)c1ccc(C(=O)Oc2ccc3nc(N4CCN(C)CC4)sc3c2)cc1. The Morgan fingerprint density at radius 2 is 1.62 bits per heavy atom. The van der Waals surface area contributed by atoms with Gasteiger partial charge in [0.1, 0.15) is 5.75 Å². The summed E-state index contributed by atoms with van der Waals surface area (Å²) in [6.07, 6.45) is 0. The second-order valence-corrected chi connectivity index (χ2v) is 13.4. The molecular formula is C27H36N4O4S2. The zero-order valence-corrected chi connectivity index (χ0v) is 23.8. The lowest BCUT2D eigenvalue weighted by Crippen LogP contribution is -2.44. The van der Waals surface area contributed by atoms with Crippen molar-refractivity contribution in [2.45, 2.75) is 32.6 Å². The first kappa shape index (κ1) is 27.5. The van der Waals surface area contributed by atoms with E-state index in [0.717, 1.165) is 41.5 Å². The first-order valence-electron chi connectivity index (χ1n) is 12.7. The smallest absolute Gasteiger partial charge is 0.343 e. The highest BCUT2D eigenvalue weighted by molar-refractivity contribution is 7.89. The summed E-state index contributed by atoms with van der Waals surface area (Å²) in [6.45, 7) is 12.8. The third kappa shape index (κ3) is 6.67. The maximum Gasteiger partial charge on any atom is 0.343 e. The lowest BCUT2D eigenvalue weighted by Gasteiger charge is -2.31. The van der Waals surface area contributed by atoms with Crippen molar-refractivity contribution in [1.29, 1.82) is 0 Å². The number of benzene rings is 2. The number of nitrogens with zero attached hydrogens (tertiary/aromatic N) is 4. The molecule has 1 aliphatic rings. The van der Waals surface area contributed by atoms with Gasteiger partial charge in [0.25, 0.3) is 0 Å². The van der Waals surface area contributed by atoms with E-state index in [4.69, 9.17) is 9.72 Å². The Bertz CT molecular complexity index is 1320. The van der Waals surface area contributed by atoms with Crippen LogP contribution < -0.4 is 9.64 Å². The van der Waals surface area contributed by atoms with Gasteiger partial charge in [0.15, 0.2) is 5.13 Å². The second kappa shape index (κ2) is 11.5. The number of likely N-dealkylation sites (N-methyl/N-ethyl adjacent to an activating group) is 1. The molecule has 0 amide bonds. The lowest BCUT2D eigenvalue weighted by atomic mass is 10.2. The molecule has 0 aliphatic carbocycles. The van der Waals surface area contributed by atoms with Crippen LogP contribution in [0, 0.1) is 11.8 Å². The molecule has 2 aromatic carbocycles. The number of carbonyl (C=O) groups excluding carboxylic acids is 1. The maximum atomic E-state index is 13.2. The van der Waals surface area contributed by atoms with E-state index in [-0.39, 0.29) is 16.7 Å². The fourth-order valence-electron chi connectivity index (χ4n) is 4.25. The quantitative estimate of drug-likeness (QED) is 0.288. The molecule has 0 atom stereocenters. The molecule has 200 valence electrons. The number of hydrogen-bond donors (Lipinski definition) is 0. The first-order valence-corrected chi connectivity index (χ1v) is 14.9. The van der Waals surface area contributed by atoms with Crippen LogP contribution in [0.3, 0.4) is 0 Å². The van der Waals surface area contributed by atoms with Gasteiger partial charge in [0, 0.05) is 45.3 Å². The van der Waals surface area contributed by atoms with Crippen LogP contribution in [-0.4, -0.2) is 74.9 Å². The number of ether oxygens (including phenoxy) is 1. The Hall–Kier alpha value is -2.53. The van der Waals surface area contributed by atoms with Crippen molar-refractivity contribution in [3.8, 4) is 5.75 Å². The highest BCUT2D eigenvalue weighted by atomic mass is 32.2. The van der Waals surface area contributed by atoms with E-state index >= 15 is 0 Å². The number of sulfonamides is 1. The molecular weight excluding hydrogens is 508 g/mol. The molecule has 1 saturated heterocycles. The second-order valence-electron chi connectivity index (χ2n) is 10.4. The fraction of sp³-hybridized carbons (Fsp3) is 0.481. The number of aromatic nitrogens is 1. The van der Waals surface area contributed by atoms with E-state index < -0.39 is 16.0 Å². The number of anilines is 1. The number of fused-ring (bicyclic) bond motifs is 1. The molecule has 4 rings (SSSR count). The largest absolute Gasteiger partial charge is 0.423 e. The molecule has 0 N–H and O–H groups in total. The molecule has 10 heteroatoms. The summed E-state index contributed by atoms with van der Waals surface area (Å²) in [5.41, 5.74) is 1.17. The standard InChI is InChI=1S/C27H36N4O4S2/c1-19(2)17-31(18-20(3)4)37(33,34)23-9-6-21(7-10-23)26(32)35-22-8-11-24-25(16-22)36-27(28-24)30-14-12-29(5)13-15-30/h6-11,16,19-20H,12-15,17-18H2,1-5H3. The summed E-state index contributed by atoms with van der Waals surface area (Å²) < 4.78 is 34.6. The predicted octanol–water partition coefficient (Wildman–Crippen LogP) is 4.57. The van der Waals surface area contributed by atoms with Crippen molar-refractivity contribution in [2.75, 3.05) is 51.2 Å². The molecule has 0 spiro atoms. The summed E-state index contributed by atoms with van der Waals surface area (Å²) >= 11 is 1.59. The fourth-order valence-corrected chi connectivity index (χ4v) is 7.07. The molecule has 8 nitrogen and oxygen atoms in total. The third-order valence-electron chi connectivity index (χ3n) is 6.20. The van der Waals surface area contributed by atoms with Crippen molar-refractivity contribution >= 4 is 42.7 Å². The summed E-state index contributed by atoms with van der Waals surface area (Å²) in [6, 6.07) is 11.4. The molecule has 37 heavy (non-hydrogen) atoms. The van der Waals surface area contributed by atoms with Crippen LogP contribution in [-0.2, 0) is 10.0 Å². The summed E-state index contributed by atoms with van der Waals surface area (Å²) in [7, 11) is -1.54. The Morgan fingerprint density at radius 3 is 2.22 bits per heavy atom. The van der Waals surface area contributed by atoms with Crippen molar-refractivity contribution in [2.24, 2.45) is 11.8 Å². The van der Waals surface area contributed by atoms with Gasteiger partial charge in [-0.3, -0.25) is 0 Å². The normalized spacial score (nSPS) is 15.3. The summed E-state index contributed by atoms with van der Waals surface area (Å²) in [5.74, 6) is 0.309. The molecule has 3 aromatic rings. The van der Waals surface area contributed by atoms with Crippen LogP contribution in [0.1, 0.15) is 38.1 Å². The van der Waals surface area contributed by atoms with E-state index in [0.29, 0.717) is 24.4 Å². The monoisotopic (exact) mass is 544 g/mol. The van der Waals surface area contributed by atoms with Gasteiger partial charge in [-0.15, -0.1) is 0 Å². The lowest BCUT2D eigenvalue weighted by molar-refractivity contribution is 0.0735. The predicted molar refractivity (Wildman–Crippen MR) is 149 cm³/mol. The van der Waals surface area contributed by atoms with E-state index in [9.17, 15) is 13.2 Å². The zero-order chi connectivity index (χ0) is 26.7. The minimum absolute atomic E-state index is 0.174. The van der Waals surface area contributed by atoms with Gasteiger partial charge in [0.2, 0.25) is 10.0 Å². The Kier molecular flexibility index (Phi) is 8.52. The van der Waals surface area contributed by atoms with Crippen LogP contribution in [0.5, 0.6) is 5.75 Å². The molecule has 0 bridgehead atoms. The minimum atomic E-state index is -3.66. The Morgan fingerprint density at radius 1 is 1.00 bits per heavy atom. The highest BCUT2D eigenvalue weighted by Gasteiger charge is 2.26. The van der Waals surface area contributed by atoms with Crippen molar-refractivity contribution in [3.63, 3.8) is 0 Å². The molecule has 0 radical (unpaired) electrons. The number of esters is 1. The molecule has 0 unspecified atom stereocenters. The number of hydrogen-bond acceptors (Lipinski definition) is 8. The average molecular weight is 545 g/mol. The number of carbonyl (C=O) groups is 1. The summed E-state index contributed by atoms with van der Waals surface area (Å²) in [5, 5.41) is 0.979.